The lowest BCUT2D eigenvalue weighted by Crippen LogP contribution is -2.34. The lowest BCUT2D eigenvalue weighted by Gasteiger charge is -2.15. The van der Waals surface area contributed by atoms with Crippen molar-refractivity contribution >= 4 is 27.6 Å². The maximum Gasteiger partial charge on any atom is 0.311 e. The van der Waals surface area contributed by atoms with E-state index in [0.717, 1.165) is 4.57 Å². The fourth-order valence-electron chi connectivity index (χ4n) is 2.24. The van der Waals surface area contributed by atoms with Gasteiger partial charge < -0.3 is 30.9 Å². The maximum atomic E-state index is 12.1. The van der Waals surface area contributed by atoms with Gasteiger partial charge in [-0.1, -0.05) is 11.3 Å². The van der Waals surface area contributed by atoms with Crippen LogP contribution in [-0.4, -0.2) is 59.9 Å². The maximum absolute atomic E-state index is 12.1. The second-order valence-corrected chi connectivity index (χ2v) is 5.49. The van der Waals surface area contributed by atoms with Crippen molar-refractivity contribution < 1.29 is 25.2 Å². The molecule has 10 nitrogen and oxygen atoms in total. The zero-order valence-corrected chi connectivity index (χ0v) is 11.3. The van der Waals surface area contributed by atoms with Crippen LogP contribution in [0.25, 0.3) is 10.3 Å². The number of aliphatic hydroxyl groups excluding tert-OH is 3. The van der Waals surface area contributed by atoms with Crippen molar-refractivity contribution in [2.75, 3.05) is 12.3 Å². The van der Waals surface area contributed by atoms with Crippen LogP contribution < -0.4 is 10.6 Å². The average Bonchev–Trinajstić information content (AvgIpc) is 2.89. The van der Waals surface area contributed by atoms with E-state index in [4.69, 9.17) is 15.6 Å². The molecule has 3 heterocycles. The van der Waals surface area contributed by atoms with E-state index in [1.807, 2.05) is 0 Å². The smallest absolute Gasteiger partial charge is 0.311 e. The predicted octanol–water partition coefficient (Wildman–Crippen LogP) is -2.25. The molecular formula is C10H12N4O6S. The number of aromatic hydroxyl groups is 1. The van der Waals surface area contributed by atoms with Crippen molar-refractivity contribution in [3.05, 3.63) is 9.67 Å². The second-order valence-electron chi connectivity index (χ2n) is 4.52. The number of nitrogen functional groups attached to an aromatic ring is 1. The summed E-state index contributed by atoms with van der Waals surface area (Å²) in [6.07, 6.45) is -5.06. The number of thiazole rings is 1. The molecule has 0 amide bonds. The van der Waals surface area contributed by atoms with Crippen LogP contribution in [0.1, 0.15) is 6.23 Å². The van der Waals surface area contributed by atoms with Gasteiger partial charge in [-0.15, -0.1) is 0 Å². The summed E-state index contributed by atoms with van der Waals surface area (Å²) >= 11 is 0.655. The third-order valence-corrected chi connectivity index (χ3v) is 4.17. The fraction of sp³-hybridized carbons (Fsp3) is 0.500. The molecule has 0 unspecified atom stereocenters. The van der Waals surface area contributed by atoms with Gasteiger partial charge in [0.15, 0.2) is 11.9 Å². The van der Waals surface area contributed by atoms with E-state index >= 15 is 0 Å². The minimum Gasteiger partial charge on any atom is -0.492 e. The molecule has 1 saturated heterocycles. The van der Waals surface area contributed by atoms with Gasteiger partial charge in [0.25, 0.3) is 0 Å². The van der Waals surface area contributed by atoms with Gasteiger partial charge in [0.1, 0.15) is 23.0 Å². The number of aliphatic hydroxyl groups is 3. The van der Waals surface area contributed by atoms with Crippen LogP contribution in [0.5, 0.6) is 5.88 Å². The summed E-state index contributed by atoms with van der Waals surface area (Å²) in [5.41, 5.74) is 5.42. The normalized spacial score (nSPS) is 29.3. The molecule has 114 valence electrons. The quantitative estimate of drug-likeness (QED) is 0.411. The molecule has 21 heavy (non-hydrogen) atoms. The molecule has 0 saturated carbocycles. The first-order valence-electron chi connectivity index (χ1n) is 5.94. The number of anilines is 1. The molecule has 1 fully saturated rings. The molecule has 0 spiro atoms. The molecular weight excluding hydrogens is 304 g/mol. The monoisotopic (exact) mass is 316 g/mol. The van der Waals surface area contributed by atoms with Crippen molar-refractivity contribution in [3.8, 4) is 5.88 Å². The van der Waals surface area contributed by atoms with Crippen molar-refractivity contribution in [1.82, 2.24) is 14.5 Å². The third kappa shape index (κ3) is 2.06. The molecule has 1 aliphatic heterocycles. The van der Waals surface area contributed by atoms with Crippen LogP contribution in [-0.2, 0) is 4.74 Å². The summed E-state index contributed by atoms with van der Waals surface area (Å²) in [5.74, 6) is -0.705. The molecule has 1 aliphatic rings. The highest BCUT2D eigenvalue weighted by molar-refractivity contribution is 7.16. The van der Waals surface area contributed by atoms with Gasteiger partial charge in [-0.2, -0.15) is 9.97 Å². The van der Waals surface area contributed by atoms with Crippen molar-refractivity contribution in [1.29, 1.82) is 0 Å². The van der Waals surface area contributed by atoms with E-state index in [-0.39, 0.29) is 16.3 Å². The molecule has 6 N–H and O–H groups in total. The number of nitrogens with zero attached hydrogens (tertiary/aromatic N) is 3. The van der Waals surface area contributed by atoms with E-state index in [2.05, 4.69) is 9.97 Å². The van der Waals surface area contributed by atoms with E-state index in [0.29, 0.717) is 11.3 Å². The molecule has 11 heteroatoms. The Morgan fingerprint density at radius 2 is 2.05 bits per heavy atom. The lowest BCUT2D eigenvalue weighted by atomic mass is 10.1. The summed E-state index contributed by atoms with van der Waals surface area (Å²) in [6, 6.07) is 0. The number of hydrogen-bond donors (Lipinski definition) is 5. The number of aromatic nitrogens is 3. The number of nitrogens with two attached hydrogens (primary N) is 1. The molecule has 3 rings (SSSR count). The zero-order chi connectivity index (χ0) is 15.3. The Labute approximate surface area is 120 Å². The van der Waals surface area contributed by atoms with E-state index in [1.165, 1.54) is 0 Å². The number of hydrogen-bond acceptors (Lipinski definition) is 10. The fourth-order valence-corrected chi connectivity index (χ4v) is 3.07. The second kappa shape index (κ2) is 4.89. The van der Waals surface area contributed by atoms with Crippen LogP contribution in [0.3, 0.4) is 0 Å². The number of fused-ring (bicyclic) bond motifs is 1. The Balaban J connectivity index is 2.17. The first-order valence-corrected chi connectivity index (χ1v) is 6.75. The SMILES string of the molecule is Nc1nc(O)c2sc(=O)n([C@@H]3O[C@H](CO)[C@H](O)[C@H]3O)c2n1. The van der Waals surface area contributed by atoms with Crippen LogP contribution in [0, 0.1) is 0 Å². The summed E-state index contributed by atoms with van der Waals surface area (Å²) in [6.45, 7) is -0.520. The predicted molar refractivity (Wildman–Crippen MR) is 70.8 cm³/mol. The van der Waals surface area contributed by atoms with Crippen LogP contribution in [0.2, 0.25) is 0 Å². The van der Waals surface area contributed by atoms with Gasteiger partial charge in [-0.3, -0.25) is 9.36 Å². The zero-order valence-electron chi connectivity index (χ0n) is 10.4. The molecule has 0 bridgehead atoms. The Morgan fingerprint density at radius 3 is 2.67 bits per heavy atom. The van der Waals surface area contributed by atoms with Crippen molar-refractivity contribution in [3.63, 3.8) is 0 Å². The van der Waals surface area contributed by atoms with Gasteiger partial charge >= 0.3 is 4.87 Å². The van der Waals surface area contributed by atoms with Crippen LogP contribution >= 0.6 is 11.3 Å². The van der Waals surface area contributed by atoms with Gasteiger partial charge in [-0.25, -0.2) is 0 Å². The highest BCUT2D eigenvalue weighted by atomic mass is 32.1. The minimum absolute atomic E-state index is 0.00941. The van der Waals surface area contributed by atoms with Gasteiger partial charge in [0.2, 0.25) is 11.8 Å². The molecule has 2 aromatic rings. The molecule has 0 aromatic carbocycles. The highest BCUT2D eigenvalue weighted by Gasteiger charge is 2.44. The Morgan fingerprint density at radius 1 is 1.33 bits per heavy atom. The summed E-state index contributed by atoms with van der Waals surface area (Å²) < 4.78 is 6.35. The van der Waals surface area contributed by atoms with E-state index in [1.54, 1.807) is 0 Å². The van der Waals surface area contributed by atoms with Crippen LogP contribution in [0.4, 0.5) is 5.95 Å². The van der Waals surface area contributed by atoms with Gasteiger partial charge in [0.05, 0.1) is 6.61 Å². The Bertz CT molecular complexity index is 745. The summed E-state index contributed by atoms with van der Waals surface area (Å²) in [7, 11) is 0. The molecule has 2 aromatic heterocycles. The van der Waals surface area contributed by atoms with E-state index in [9.17, 15) is 20.1 Å². The van der Waals surface area contributed by atoms with Crippen molar-refractivity contribution in [2.24, 2.45) is 0 Å². The largest absolute Gasteiger partial charge is 0.492 e. The highest BCUT2D eigenvalue weighted by Crippen LogP contribution is 2.33. The summed E-state index contributed by atoms with van der Waals surface area (Å²) in [5, 5.41) is 38.5. The molecule has 0 radical (unpaired) electrons. The van der Waals surface area contributed by atoms with Gasteiger partial charge in [-0.05, 0) is 0 Å². The first kappa shape index (κ1) is 14.2. The minimum atomic E-state index is -1.43. The standard InChI is InChI=1S/C10H12N4O6S/c11-9-12-6-5(7(18)13-9)21-10(19)14(6)8-4(17)3(16)2(1-15)20-8/h2-4,8,15-17H,1H2,(H3,11,12,13,18)/t2-,3+,4-,8-/m1/s1. The number of ether oxygens (including phenoxy) is 1. The Hall–Kier alpha value is -1.79. The van der Waals surface area contributed by atoms with E-state index < -0.39 is 41.9 Å². The molecule has 0 aliphatic carbocycles. The van der Waals surface area contributed by atoms with Gasteiger partial charge in [0, 0.05) is 0 Å². The number of rotatable bonds is 2. The average molecular weight is 316 g/mol. The topological polar surface area (TPSA) is 164 Å². The third-order valence-electron chi connectivity index (χ3n) is 3.23. The summed E-state index contributed by atoms with van der Waals surface area (Å²) in [4.78, 5) is 18.9. The van der Waals surface area contributed by atoms with Crippen LogP contribution in [0.15, 0.2) is 4.79 Å². The van der Waals surface area contributed by atoms with Crippen molar-refractivity contribution in [2.45, 2.75) is 24.5 Å². The first-order chi connectivity index (χ1) is 9.93. The molecule has 4 atom stereocenters. The lowest BCUT2D eigenvalue weighted by molar-refractivity contribution is -0.0518. The Kier molecular flexibility index (Phi) is 3.30.